The van der Waals surface area contributed by atoms with E-state index < -0.39 is 30.6 Å². The fourth-order valence-electron chi connectivity index (χ4n) is 2.55. The van der Waals surface area contributed by atoms with E-state index in [0.29, 0.717) is 21.8 Å². The van der Waals surface area contributed by atoms with E-state index in [1.165, 1.54) is 13.0 Å². The molecule has 2 aromatic rings. The number of carbonyl (C=O) groups excluding carboxylic acids is 4. The van der Waals surface area contributed by atoms with E-state index in [1.54, 1.807) is 42.5 Å². The highest BCUT2D eigenvalue weighted by Gasteiger charge is 2.21. The third-order valence-corrected chi connectivity index (χ3v) is 4.23. The van der Waals surface area contributed by atoms with Gasteiger partial charge in [0.25, 0.3) is 5.91 Å². The Morgan fingerprint density at radius 1 is 1.10 bits per heavy atom. The minimum absolute atomic E-state index is 0.139. The number of urea groups is 1. The van der Waals surface area contributed by atoms with Gasteiger partial charge in [0.15, 0.2) is 12.4 Å². The van der Waals surface area contributed by atoms with Crippen LogP contribution in [-0.4, -0.2) is 30.3 Å². The Morgan fingerprint density at radius 3 is 2.48 bits per heavy atom. The first kappa shape index (κ1) is 21.9. The fraction of sp³-hybridized carbons (Fsp3) is 0.200. The molecule has 0 aliphatic rings. The first-order valence-corrected chi connectivity index (χ1v) is 9.01. The Morgan fingerprint density at radius 2 is 1.83 bits per heavy atom. The smallest absolute Gasteiger partial charge is 0.312 e. The first-order valence-electron chi connectivity index (χ1n) is 8.63. The normalized spacial score (nSPS) is 11.2. The molecule has 8 nitrogen and oxygen atoms in total. The lowest BCUT2D eigenvalue weighted by molar-refractivity contribution is -0.147. The zero-order valence-corrected chi connectivity index (χ0v) is 16.4. The molecule has 0 radical (unpaired) electrons. The van der Waals surface area contributed by atoms with Crippen LogP contribution in [0.2, 0.25) is 5.02 Å². The van der Waals surface area contributed by atoms with E-state index in [0.717, 1.165) is 0 Å². The van der Waals surface area contributed by atoms with Crippen molar-refractivity contribution in [3.8, 4) is 0 Å². The molecule has 1 atom stereocenters. The predicted molar refractivity (Wildman–Crippen MR) is 108 cm³/mol. The van der Waals surface area contributed by atoms with Crippen LogP contribution < -0.4 is 16.4 Å². The lowest BCUT2D eigenvalue weighted by Gasteiger charge is -2.18. The molecule has 0 spiro atoms. The predicted octanol–water partition coefficient (Wildman–Crippen LogP) is 2.82. The fourth-order valence-corrected chi connectivity index (χ4v) is 2.82. The molecule has 0 aliphatic carbocycles. The number of halogens is 1. The lowest BCUT2D eigenvalue weighted by atomic mass is 10.0. The van der Waals surface area contributed by atoms with Crippen LogP contribution in [0.15, 0.2) is 48.5 Å². The van der Waals surface area contributed by atoms with Gasteiger partial charge in [0.2, 0.25) is 0 Å². The van der Waals surface area contributed by atoms with Crippen LogP contribution in [0.5, 0.6) is 0 Å². The number of hydrogen-bond donors (Lipinski definition) is 3. The summed E-state index contributed by atoms with van der Waals surface area (Å²) in [6.45, 7) is 0.882. The van der Waals surface area contributed by atoms with Gasteiger partial charge in [-0.3, -0.25) is 14.4 Å². The zero-order valence-electron chi connectivity index (χ0n) is 15.6. The third kappa shape index (κ3) is 6.93. The molecule has 3 amide bonds. The Labute approximate surface area is 172 Å². The number of ketones is 1. The number of anilines is 1. The van der Waals surface area contributed by atoms with Crippen molar-refractivity contribution in [1.29, 1.82) is 0 Å². The summed E-state index contributed by atoms with van der Waals surface area (Å²) < 4.78 is 4.97. The van der Waals surface area contributed by atoms with E-state index in [1.807, 2.05) is 0 Å². The molecule has 0 heterocycles. The van der Waals surface area contributed by atoms with Gasteiger partial charge in [-0.15, -0.1) is 0 Å². The molecule has 2 rings (SSSR count). The Hall–Kier alpha value is -3.39. The minimum atomic E-state index is -0.828. The molecule has 9 heteroatoms. The summed E-state index contributed by atoms with van der Waals surface area (Å²) in [6, 6.07) is 11.4. The molecule has 0 unspecified atom stereocenters. The molecular weight excluding hydrogens is 398 g/mol. The number of ether oxygens (including phenoxy) is 1. The number of carbonyl (C=O) groups is 4. The number of rotatable bonds is 8. The Bertz CT molecular complexity index is 932. The number of nitrogens with one attached hydrogen (secondary N) is 2. The molecular formula is C20H20ClN3O5. The average Bonchev–Trinajstić information content (AvgIpc) is 2.66. The number of primary amides is 1. The second-order valence-electron chi connectivity index (χ2n) is 6.13. The van der Waals surface area contributed by atoms with Crippen molar-refractivity contribution in [1.82, 2.24) is 5.32 Å². The molecule has 152 valence electrons. The van der Waals surface area contributed by atoms with Crippen molar-refractivity contribution in [2.45, 2.75) is 19.4 Å². The molecule has 0 bridgehead atoms. The standard InChI is InChI=1S/C20H20ClN3O5/c1-12(25)13-5-4-6-14(9-13)23-18(26)11-29-19(27)10-17(24-20(22)28)15-7-2-3-8-16(15)21/h2-9,17H,10-11H2,1H3,(H,23,26)(H3,22,24,28)/t17-/m1/s1. The van der Waals surface area contributed by atoms with Crippen LogP contribution in [0.4, 0.5) is 10.5 Å². The summed E-state index contributed by atoms with van der Waals surface area (Å²) in [6.07, 6.45) is -0.264. The minimum Gasteiger partial charge on any atom is -0.455 e. The van der Waals surface area contributed by atoms with Crippen molar-refractivity contribution >= 4 is 41.0 Å². The van der Waals surface area contributed by atoms with Crippen LogP contribution in [0, 0.1) is 0 Å². The van der Waals surface area contributed by atoms with Crippen molar-refractivity contribution in [2.75, 3.05) is 11.9 Å². The highest BCUT2D eigenvalue weighted by molar-refractivity contribution is 6.31. The maximum Gasteiger partial charge on any atom is 0.312 e. The van der Waals surface area contributed by atoms with Gasteiger partial charge >= 0.3 is 12.0 Å². The van der Waals surface area contributed by atoms with Gasteiger partial charge in [-0.2, -0.15) is 0 Å². The molecule has 0 saturated carbocycles. The Kier molecular flexibility index (Phi) is 7.73. The van der Waals surface area contributed by atoms with Gasteiger partial charge in [0.05, 0.1) is 12.5 Å². The number of hydrogen-bond acceptors (Lipinski definition) is 5. The summed E-state index contributed by atoms with van der Waals surface area (Å²) in [4.78, 5) is 46.8. The van der Waals surface area contributed by atoms with Crippen LogP contribution in [0.25, 0.3) is 0 Å². The molecule has 0 saturated heterocycles. The van der Waals surface area contributed by atoms with Crippen molar-refractivity contribution in [3.05, 3.63) is 64.7 Å². The highest BCUT2D eigenvalue weighted by atomic mass is 35.5. The topological polar surface area (TPSA) is 128 Å². The lowest BCUT2D eigenvalue weighted by Crippen LogP contribution is -2.35. The average molecular weight is 418 g/mol. The summed E-state index contributed by atoms with van der Waals surface area (Å²) in [5, 5.41) is 5.32. The largest absolute Gasteiger partial charge is 0.455 e. The molecule has 0 aliphatic heterocycles. The van der Waals surface area contributed by atoms with E-state index in [2.05, 4.69) is 10.6 Å². The molecule has 4 N–H and O–H groups in total. The highest BCUT2D eigenvalue weighted by Crippen LogP contribution is 2.25. The summed E-state index contributed by atoms with van der Waals surface area (Å²) in [5.41, 5.74) is 6.51. The van der Waals surface area contributed by atoms with Gasteiger partial charge in [-0.05, 0) is 30.7 Å². The number of esters is 1. The van der Waals surface area contributed by atoms with Gasteiger partial charge in [-0.1, -0.05) is 41.9 Å². The van der Waals surface area contributed by atoms with Gasteiger partial charge in [0.1, 0.15) is 0 Å². The van der Waals surface area contributed by atoms with E-state index >= 15 is 0 Å². The number of Topliss-reactive ketones (excluding diaryl/α,β-unsaturated/α-hetero) is 1. The first-order chi connectivity index (χ1) is 13.8. The number of benzene rings is 2. The second kappa shape index (κ2) is 10.2. The molecule has 0 aromatic heterocycles. The molecule has 2 aromatic carbocycles. The quantitative estimate of drug-likeness (QED) is 0.449. The van der Waals surface area contributed by atoms with E-state index in [9.17, 15) is 19.2 Å². The summed E-state index contributed by atoms with van der Waals surface area (Å²) >= 11 is 6.11. The molecule has 0 fully saturated rings. The summed E-state index contributed by atoms with van der Waals surface area (Å²) in [7, 11) is 0. The van der Waals surface area contributed by atoms with E-state index in [-0.39, 0.29) is 12.2 Å². The van der Waals surface area contributed by atoms with Crippen LogP contribution >= 0.6 is 11.6 Å². The second-order valence-corrected chi connectivity index (χ2v) is 6.54. The monoisotopic (exact) mass is 417 g/mol. The maximum absolute atomic E-state index is 12.1. The number of amides is 3. The van der Waals surface area contributed by atoms with Crippen molar-refractivity contribution in [3.63, 3.8) is 0 Å². The third-order valence-electron chi connectivity index (χ3n) is 3.89. The SMILES string of the molecule is CC(=O)c1cccc(NC(=O)COC(=O)C[C@@H](NC(N)=O)c2ccccc2Cl)c1. The maximum atomic E-state index is 12.1. The molecule has 29 heavy (non-hydrogen) atoms. The van der Waals surface area contributed by atoms with Crippen LogP contribution in [0.3, 0.4) is 0 Å². The van der Waals surface area contributed by atoms with Crippen LogP contribution in [0.1, 0.15) is 35.3 Å². The van der Waals surface area contributed by atoms with Crippen molar-refractivity contribution < 1.29 is 23.9 Å². The summed E-state index contributed by atoms with van der Waals surface area (Å²) in [5.74, 6) is -1.44. The zero-order chi connectivity index (χ0) is 21.4. The van der Waals surface area contributed by atoms with Gasteiger partial charge in [0, 0.05) is 16.3 Å². The Balaban J connectivity index is 1.94. The van der Waals surface area contributed by atoms with Gasteiger partial charge < -0.3 is 21.1 Å². The van der Waals surface area contributed by atoms with Gasteiger partial charge in [-0.25, -0.2) is 4.79 Å². The van der Waals surface area contributed by atoms with E-state index in [4.69, 9.17) is 22.1 Å². The van der Waals surface area contributed by atoms with Crippen molar-refractivity contribution in [2.24, 2.45) is 5.73 Å². The van der Waals surface area contributed by atoms with Crippen LogP contribution in [-0.2, 0) is 14.3 Å². The number of nitrogens with two attached hydrogens (primary N) is 1.